The second-order valence-electron chi connectivity index (χ2n) is 5.39. The zero-order valence-corrected chi connectivity index (χ0v) is 11.5. The SMILES string of the molecule is COc1ccc2c(C3CCC(=O)CC3)cn(C)c2c1. The summed E-state index contributed by atoms with van der Waals surface area (Å²) in [7, 11) is 3.76. The van der Waals surface area contributed by atoms with Gasteiger partial charge in [0.25, 0.3) is 0 Å². The van der Waals surface area contributed by atoms with Crippen LogP contribution in [0, 0.1) is 0 Å². The molecule has 1 aromatic carbocycles. The molecular formula is C16H19NO2. The van der Waals surface area contributed by atoms with Crippen LogP contribution in [-0.4, -0.2) is 17.5 Å². The van der Waals surface area contributed by atoms with Gasteiger partial charge in [-0.15, -0.1) is 0 Å². The highest BCUT2D eigenvalue weighted by Crippen LogP contribution is 2.37. The molecule has 3 heteroatoms. The first-order valence-corrected chi connectivity index (χ1v) is 6.83. The number of Topliss-reactive ketones (excluding diaryl/α,β-unsaturated/α-hetero) is 1. The summed E-state index contributed by atoms with van der Waals surface area (Å²) >= 11 is 0. The maximum Gasteiger partial charge on any atom is 0.132 e. The molecule has 0 aliphatic heterocycles. The summed E-state index contributed by atoms with van der Waals surface area (Å²) in [6, 6.07) is 6.23. The van der Waals surface area contributed by atoms with Crippen molar-refractivity contribution in [1.82, 2.24) is 4.57 Å². The van der Waals surface area contributed by atoms with Crippen LogP contribution >= 0.6 is 0 Å². The number of methoxy groups -OCH3 is 1. The Kier molecular flexibility index (Phi) is 3.05. The summed E-state index contributed by atoms with van der Waals surface area (Å²) < 4.78 is 7.44. The van der Waals surface area contributed by atoms with Gasteiger partial charge in [0.1, 0.15) is 11.5 Å². The van der Waals surface area contributed by atoms with Crippen LogP contribution in [0.15, 0.2) is 24.4 Å². The Bertz CT molecular complexity index is 617. The van der Waals surface area contributed by atoms with Gasteiger partial charge in [-0.05, 0) is 36.5 Å². The first kappa shape index (κ1) is 12.3. The number of hydrogen-bond acceptors (Lipinski definition) is 2. The Labute approximate surface area is 113 Å². The van der Waals surface area contributed by atoms with E-state index in [4.69, 9.17) is 4.74 Å². The first-order chi connectivity index (χ1) is 9.19. The second-order valence-corrected chi connectivity index (χ2v) is 5.39. The molecule has 0 bridgehead atoms. The predicted octanol–water partition coefficient (Wildman–Crippen LogP) is 3.41. The van der Waals surface area contributed by atoms with Crippen molar-refractivity contribution in [2.45, 2.75) is 31.6 Å². The molecule has 19 heavy (non-hydrogen) atoms. The fraction of sp³-hybridized carbons (Fsp3) is 0.438. The van der Waals surface area contributed by atoms with E-state index in [1.807, 2.05) is 6.07 Å². The van der Waals surface area contributed by atoms with Crippen LogP contribution in [0.25, 0.3) is 10.9 Å². The number of ether oxygens (including phenoxy) is 1. The van der Waals surface area contributed by atoms with Crippen molar-refractivity contribution in [2.24, 2.45) is 7.05 Å². The van der Waals surface area contributed by atoms with Gasteiger partial charge in [-0.3, -0.25) is 4.79 Å². The molecule has 0 saturated heterocycles. The molecule has 1 aliphatic carbocycles. The van der Waals surface area contributed by atoms with Crippen LogP contribution in [-0.2, 0) is 11.8 Å². The smallest absolute Gasteiger partial charge is 0.132 e. The molecule has 0 N–H and O–H groups in total. The molecule has 1 aromatic heterocycles. The number of benzene rings is 1. The van der Waals surface area contributed by atoms with E-state index in [-0.39, 0.29) is 0 Å². The number of nitrogens with zero attached hydrogens (tertiary/aromatic N) is 1. The van der Waals surface area contributed by atoms with Gasteiger partial charge in [-0.1, -0.05) is 0 Å². The van der Waals surface area contributed by atoms with Gasteiger partial charge in [0.2, 0.25) is 0 Å². The normalized spacial score (nSPS) is 17.1. The third-order valence-corrected chi connectivity index (χ3v) is 4.21. The number of carbonyl (C=O) groups is 1. The standard InChI is InChI=1S/C16H19NO2/c1-17-10-15(11-3-5-12(18)6-4-11)14-8-7-13(19-2)9-16(14)17/h7-11H,3-6H2,1-2H3. The number of fused-ring (bicyclic) bond motifs is 1. The molecule has 0 amide bonds. The number of carbonyl (C=O) groups excluding carboxylic acids is 1. The van der Waals surface area contributed by atoms with E-state index in [9.17, 15) is 4.79 Å². The van der Waals surface area contributed by atoms with E-state index in [2.05, 4.69) is 29.9 Å². The molecule has 0 spiro atoms. The van der Waals surface area contributed by atoms with Gasteiger partial charge >= 0.3 is 0 Å². The molecule has 1 aliphatic rings. The monoisotopic (exact) mass is 257 g/mol. The van der Waals surface area contributed by atoms with Crippen molar-refractivity contribution in [3.8, 4) is 5.75 Å². The van der Waals surface area contributed by atoms with E-state index in [0.717, 1.165) is 31.4 Å². The van der Waals surface area contributed by atoms with Gasteiger partial charge in [-0.2, -0.15) is 0 Å². The Morgan fingerprint density at radius 1 is 1.26 bits per heavy atom. The van der Waals surface area contributed by atoms with Gasteiger partial charge in [0, 0.05) is 37.5 Å². The zero-order valence-electron chi connectivity index (χ0n) is 11.5. The maximum atomic E-state index is 11.4. The minimum absolute atomic E-state index is 0.415. The molecule has 0 atom stereocenters. The molecule has 1 heterocycles. The third kappa shape index (κ3) is 2.14. The van der Waals surface area contributed by atoms with Gasteiger partial charge < -0.3 is 9.30 Å². The van der Waals surface area contributed by atoms with Crippen molar-refractivity contribution in [3.05, 3.63) is 30.0 Å². The topological polar surface area (TPSA) is 31.2 Å². The Hall–Kier alpha value is -1.77. The lowest BCUT2D eigenvalue weighted by molar-refractivity contribution is -0.120. The molecule has 0 unspecified atom stereocenters. The lowest BCUT2D eigenvalue weighted by Gasteiger charge is -2.20. The molecular weight excluding hydrogens is 238 g/mol. The lowest BCUT2D eigenvalue weighted by Crippen LogP contribution is -2.12. The minimum Gasteiger partial charge on any atom is -0.497 e. The van der Waals surface area contributed by atoms with Gasteiger partial charge in [0.05, 0.1) is 12.6 Å². The van der Waals surface area contributed by atoms with Crippen LogP contribution in [0.5, 0.6) is 5.75 Å². The molecule has 1 saturated carbocycles. The maximum absolute atomic E-state index is 11.4. The minimum atomic E-state index is 0.415. The van der Waals surface area contributed by atoms with Crippen LogP contribution in [0.1, 0.15) is 37.2 Å². The fourth-order valence-corrected chi connectivity index (χ4v) is 3.10. The summed E-state index contributed by atoms with van der Waals surface area (Å²) in [5.41, 5.74) is 2.58. The van der Waals surface area contributed by atoms with Crippen molar-refractivity contribution in [2.75, 3.05) is 7.11 Å². The van der Waals surface area contributed by atoms with Crippen LogP contribution in [0.2, 0.25) is 0 Å². The predicted molar refractivity (Wildman–Crippen MR) is 75.7 cm³/mol. The van der Waals surface area contributed by atoms with Crippen LogP contribution < -0.4 is 4.74 Å². The van der Waals surface area contributed by atoms with Gasteiger partial charge in [-0.25, -0.2) is 0 Å². The molecule has 3 nitrogen and oxygen atoms in total. The molecule has 0 radical (unpaired) electrons. The van der Waals surface area contributed by atoms with Crippen molar-refractivity contribution in [3.63, 3.8) is 0 Å². The molecule has 3 rings (SSSR count). The Morgan fingerprint density at radius 2 is 2.00 bits per heavy atom. The summed E-state index contributed by atoms with van der Waals surface area (Å²) in [5, 5.41) is 1.29. The van der Waals surface area contributed by atoms with E-state index in [0.29, 0.717) is 11.7 Å². The number of aryl methyl sites for hydroxylation is 1. The van der Waals surface area contributed by atoms with Crippen LogP contribution in [0.3, 0.4) is 0 Å². The average molecular weight is 257 g/mol. The summed E-state index contributed by atoms with van der Waals surface area (Å²) in [6.45, 7) is 0. The van der Waals surface area contributed by atoms with Crippen LogP contribution in [0.4, 0.5) is 0 Å². The number of hydrogen-bond donors (Lipinski definition) is 0. The number of rotatable bonds is 2. The third-order valence-electron chi connectivity index (χ3n) is 4.21. The molecule has 100 valence electrons. The van der Waals surface area contributed by atoms with E-state index in [1.165, 1.54) is 16.5 Å². The number of ketones is 1. The highest BCUT2D eigenvalue weighted by atomic mass is 16.5. The van der Waals surface area contributed by atoms with E-state index in [1.54, 1.807) is 7.11 Å². The lowest BCUT2D eigenvalue weighted by atomic mass is 9.83. The Morgan fingerprint density at radius 3 is 2.68 bits per heavy atom. The summed E-state index contributed by atoms with van der Waals surface area (Å²) in [4.78, 5) is 11.4. The molecule has 2 aromatic rings. The average Bonchev–Trinajstić information content (AvgIpc) is 2.76. The highest BCUT2D eigenvalue weighted by molar-refractivity contribution is 5.86. The van der Waals surface area contributed by atoms with Crippen molar-refractivity contribution in [1.29, 1.82) is 0 Å². The van der Waals surface area contributed by atoms with Gasteiger partial charge in [0.15, 0.2) is 0 Å². The Balaban J connectivity index is 2.02. The molecule has 1 fully saturated rings. The largest absolute Gasteiger partial charge is 0.497 e. The summed E-state index contributed by atoms with van der Waals surface area (Å²) in [6.07, 6.45) is 5.66. The number of aromatic nitrogens is 1. The first-order valence-electron chi connectivity index (χ1n) is 6.83. The summed E-state index contributed by atoms with van der Waals surface area (Å²) in [5.74, 6) is 1.83. The van der Waals surface area contributed by atoms with Crippen molar-refractivity contribution < 1.29 is 9.53 Å². The van der Waals surface area contributed by atoms with E-state index < -0.39 is 0 Å². The van der Waals surface area contributed by atoms with Crippen molar-refractivity contribution >= 4 is 16.7 Å². The quantitative estimate of drug-likeness (QED) is 0.825. The second kappa shape index (κ2) is 4.72. The zero-order chi connectivity index (χ0) is 13.4. The fourth-order valence-electron chi connectivity index (χ4n) is 3.10. The van der Waals surface area contributed by atoms with E-state index >= 15 is 0 Å². The highest BCUT2D eigenvalue weighted by Gasteiger charge is 2.23.